The van der Waals surface area contributed by atoms with Crippen molar-refractivity contribution < 1.29 is 29.3 Å². The lowest BCUT2D eigenvalue weighted by Crippen LogP contribution is -2.14. The van der Waals surface area contributed by atoms with Gasteiger partial charge in [0.1, 0.15) is 22.4 Å². The molecule has 2 N–H and O–H groups in total. The Morgan fingerprint density at radius 3 is 2.38 bits per heavy atom. The molecule has 37 heavy (non-hydrogen) atoms. The molecular formula is C28H28N2O6S. The molecule has 1 atom stereocenters. The molecule has 0 aliphatic rings. The van der Waals surface area contributed by atoms with Gasteiger partial charge in [0.25, 0.3) is 0 Å². The maximum absolute atomic E-state index is 13.6. The predicted octanol–water partition coefficient (Wildman–Crippen LogP) is 5.30. The quantitative estimate of drug-likeness (QED) is 0.214. The predicted molar refractivity (Wildman–Crippen MR) is 142 cm³/mol. The second kappa shape index (κ2) is 11.0. The molecule has 0 bridgehead atoms. The molecule has 4 aromatic rings. The van der Waals surface area contributed by atoms with Gasteiger partial charge in [0.05, 0.1) is 26.3 Å². The first-order valence-electron chi connectivity index (χ1n) is 11.7. The summed E-state index contributed by atoms with van der Waals surface area (Å²) in [4.78, 5) is 30.3. The maximum Gasteiger partial charge on any atom is 0.316 e. The molecule has 1 unspecified atom stereocenters. The number of nitrogens with zero attached hydrogens (tertiary/aromatic N) is 2. The number of fused-ring (bicyclic) bond motifs is 1. The molecule has 0 fully saturated rings. The summed E-state index contributed by atoms with van der Waals surface area (Å²) in [7, 11) is 3.10. The number of pyridine rings is 1. The highest BCUT2D eigenvalue weighted by molar-refractivity contribution is 8.00. The van der Waals surface area contributed by atoms with Gasteiger partial charge in [-0.15, -0.1) is 11.8 Å². The van der Waals surface area contributed by atoms with Crippen LogP contribution in [0.15, 0.2) is 59.5 Å². The highest BCUT2D eigenvalue weighted by Crippen LogP contribution is 2.33. The molecule has 4 rings (SSSR count). The Morgan fingerprint density at radius 1 is 1.05 bits per heavy atom. The Kier molecular flexibility index (Phi) is 7.73. The van der Waals surface area contributed by atoms with Crippen molar-refractivity contribution in [2.75, 3.05) is 14.2 Å². The Hall–Kier alpha value is -3.98. The van der Waals surface area contributed by atoms with Crippen molar-refractivity contribution in [1.29, 1.82) is 0 Å². The molecule has 8 nitrogen and oxygen atoms in total. The number of carboxylic acid groups (broad SMARTS) is 1. The summed E-state index contributed by atoms with van der Waals surface area (Å²) < 4.78 is 12.4. The van der Waals surface area contributed by atoms with Gasteiger partial charge >= 0.3 is 5.97 Å². The number of carbonyl (C=O) groups is 2. The first kappa shape index (κ1) is 26.1. The molecule has 0 spiro atoms. The molecule has 192 valence electrons. The van der Waals surface area contributed by atoms with E-state index in [1.54, 1.807) is 55.6 Å². The first-order chi connectivity index (χ1) is 17.8. The number of rotatable bonds is 10. The van der Waals surface area contributed by atoms with Crippen LogP contribution in [0.2, 0.25) is 0 Å². The zero-order valence-electron chi connectivity index (χ0n) is 21.0. The molecule has 0 saturated heterocycles. The van der Waals surface area contributed by atoms with Gasteiger partial charge in [0.2, 0.25) is 5.88 Å². The van der Waals surface area contributed by atoms with Crippen LogP contribution in [0.5, 0.6) is 17.4 Å². The maximum atomic E-state index is 13.6. The van der Waals surface area contributed by atoms with Gasteiger partial charge < -0.3 is 24.3 Å². The van der Waals surface area contributed by atoms with Crippen molar-refractivity contribution in [3.63, 3.8) is 0 Å². The van der Waals surface area contributed by atoms with Crippen molar-refractivity contribution >= 4 is 34.5 Å². The van der Waals surface area contributed by atoms with Gasteiger partial charge in [-0.3, -0.25) is 9.59 Å². The van der Waals surface area contributed by atoms with Crippen LogP contribution in [0.1, 0.15) is 40.5 Å². The summed E-state index contributed by atoms with van der Waals surface area (Å²) in [6.45, 7) is 3.92. The van der Waals surface area contributed by atoms with Crippen molar-refractivity contribution in [2.45, 2.75) is 37.0 Å². The number of carbonyl (C=O) groups excluding carboxylic acids is 1. The standard InChI is InChI=1S/C28H28N2O6S/c1-5-23(28(33)34)37-20-11-8-18(22(31)14-20)15-30-16(2)25(21-12-13-24(36-4)29-27(21)30)26(32)17-6-9-19(35-3)10-7-17/h6-14,23,31H,5,15H2,1-4H3,(H,33,34). The number of carboxylic acids is 1. The normalized spacial score (nSPS) is 11.9. The molecule has 0 aliphatic carbocycles. The fraction of sp³-hybridized carbons (Fsp3) is 0.250. The molecule has 2 aromatic heterocycles. The highest BCUT2D eigenvalue weighted by atomic mass is 32.2. The van der Waals surface area contributed by atoms with E-state index in [-0.39, 0.29) is 18.1 Å². The highest BCUT2D eigenvalue weighted by Gasteiger charge is 2.24. The van der Waals surface area contributed by atoms with Crippen LogP contribution < -0.4 is 9.47 Å². The van der Waals surface area contributed by atoms with Crippen LogP contribution in [0.25, 0.3) is 11.0 Å². The van der Waals surface area contributed by atoms with Crippen LogP contribution in [0.3, 0.4) is 0 Å². The largest absolute Gasteiger partial charge is 0.508 e. The average molecular weight is 521 g/mol. The van der Waals surface area contributed by atoms with E-state index >= 15 is 0 Å². The third kappa shape index (κ3) is 5.27. The minimum absolute atomic E-state index is 0.0393. The monoisotopic (exact) mass is 520 g/mol. The van der Waals surface area contributed by atoms with E-state index in [0.29, 0.717) is 56.4 Å². The van der Waals surface area contributed by atoms with Gasteiger partial charge in [-0.05, 0) is 55.8 Å². The lowest BCUT2D eigenvalue weighted by molar-refractivity contribution is -0.136. The summed E-state index contributed by atoms with van der Waals surface area (Å²) in [5, 5.41) is 20.2. The number of aliphatic carboxylic acids is 1. The Bertz CT molecular complexity index is 1460. The molecule has 0 amide bonds. The van der Waals surface area contributed by atoms with Crippen molar-refractivity contribution in [3.8, 4) is 17.4 Å². The van der Waals surface area contributed by atoms with Crippen LogP contribution in [-0.4, -0.2) is 51.0 Å². The summed E-state index contributed by atoms with van der Waals surface area (Å²) in [6, 6.07) is 15.6. The van der Waals surface area contributed by atoms with Crippen LogP contribution >= 0.6 is 11.8 Å². The zero-order chi connectivity index (χ0) is 26.7. The third-order valence-electron chi connectivity index (χ3n) is 6.24. The topological polar surface area (TPSA) is 111 Å². The number of benzene rings is 2. The molecule has 0 aliphatic heterocycles. The number of hydrogen-bond donors (Lipinski definition) is 2. The van der Waals surface area contributed by atoms with Gasteiger partial charge in [0.15, 0.2) is 5.78 Å². The second-order valence-electron chi connectivity index (χ2n) is 8.47. The molecular weight excluding hydrogens is 492 g/mol. The number of ether oxygens (including phenoxy) is 2. The zero-order valence-corrected chi connectivity index (χ0v) is 21.8. The van der Waals surface area contributed by atoms with E-state index in [2.05, 4.69) is 4.98 Å². The number of aromatic hydroxyl groups is 1. The van der Waals surface area contributed by atoms with E-state index < -0.39 is 11.2 Å². The summed E-state index contributed by atoms with van der Waals surface area (Å²) in [5.74, 6) is 0.0702. The van der Waals surface area contributed by atoms with Gasteiger partial charge in [0, 0.05) is 33.2 Å². The van der Waals surface area contributed by atoms with E-state index in [4.69, 9.17) is 9.47 Å². The number of phenolic OH excluding ortho intramolecular Hbond substituents is 1. The fourth-order valence-electron chi connectivity index (χ4n) is 4.19. The minimum atomic E-state index is -0.889. The first-order valence-corrected chi connectivity index (χ1v) is 12.6. The van der Waals surface area contributed by atoms with Crippen LogP contribution in [0.4, 0.5) is 0 Å². The second-order valence-corrected chi connectivity index (χ2v) is 9.75. The number of aromatic nitrogens is 2. The summed E-state index contributed by atoms with van der Waals surface area (Å²) in [6.07, 6.45) is 0.468. The molecule has 2 aromatic carbocycles. The third-order valence-corrected chi connectivity index (χ3v) is 7.59. The minimum Gasteiger partial charge on any atom is -0.508 e. The molecule has 2 heterocycles. The van der Waals surface area contributed by atoms with E-state index in [9.17, 15) is 19.8 Å². The summed E-state index contributed by atoms with van der Waals surface area (Å²) in [5.41, 5.74) is 2.91. The number of hydrogen-bond acceptors (Lipinski definition) is 7. The van der Waals surface area contributed by atoms with Crippen LogP contribution in [-0.2, 0) is 11.3 Å². The lowest BCUT2D eigenvalue weighted by Gasteiger charge is -2.13. The molecule has 9 heteroatoms. The lowest BCUT2D eigenvalue weighted by atomic mass is 10.0. The van der Waals surface area contributed by atoms with Crippen LogP contribution in [0, 0.1) is 6.92 Å². The average Bonchev–Trinajstić information content (AvgIpc) is 3.18. The Labute approximate surface area is 218 Å². The number of phenols is 1. The van der Waals surface area contributed by atoms with Crippen molar-refractivity contribution in [2.24, 2.45) is 0 Å². The van der Waals surface area contributed by atoms with E-state index in [1.165, 1.54) is 18.9 Å². The number of thioether (sulfide) groups is 1. The van der Waals surface area contributed by atoms with E-state index in [1.807, 2.05) is 24.5 Å². The van der Waals surface area contributed by atoms with E-state index in [0.717, 1.165) is 0 Å². The smallest absolute Gasteiger partial charge is 0.316 e. The summed E-state index contributed by atoms with van der Waals surface area (Å²) >= 11 is 1.20. The van der Waals surface area contributed by atoms with Crippen molar-refractivity contribution in [1.82, 2.24) is 9.55 Å². The SMILES string of the molecule is CCC(Sc1ccc(Cn2c(C)c(C(=O)c3ccc(OC)cc3)c3ccc(OC)nc32)c(O)c1)C(=O)O. The Balaban J connectivity index is 1.75. The van der Waals surface area contributed by atoms with Gasteiger partial charge in [-0.25, -0.2) is 0 Å². The van der Waals surface area contributed by atoms with Gasteiger partial charge in [-0.2, -0.15) is 4.98 Å². The molecule has 0 radical (unpaired) electrons. The van der Waals surface area contributed by atoms with Crippen molar-refractivity contribution in [3.05, 3.63) is 77.0 Å². The number of ketones is 1. The number of methoxy groups -OCH3 is 2. The fourth-order valence-corrected chi connectivity index (χ4v) is 5.12. The Morgan fingerprint density at radius 2 is 1.78 bits per heavy atom. The molecule has 0 saturated carbocycles. The van der Waals surface area contributed by atoms with Gasteiger partial charge in [-0.1, -0.05) is 13.0 Å².